The molecule has 0 atom stereocenters. The van der Waals surface area contributed by atoms with Gasteiger partial charge in [0.2, 0.25) is 0 Å². The number of nitrogens with zero attached hydrogens (tertiary/aromatic N) is 2. The standard InChI is InChI=1S/C25H17ClF7N3/c1-12-4-3-5-16-17(13(2)36(24(12)16)11-14-6-8-15(26)9-7-14)10-34-35-23-21(29)19(27)18(25(31,32)33)20(28)22(23)30/h3-10,35H,11H2,1-2H3/b34-10+. The molecule has 0 fully saturated rings. The lowest BCUT2D eigenvalue weighted by atomic mass is 10.1. The Morgan fingerprint density at radius 3 is 2.11 bits per heavy atom. The number of hydrazone groups is 1. The maximum absolute atomic E-state index is 14.2. The Labute approximate surface area is 205 Å². The number of aryl methyl sites for hydroxylation is 1. The van der Waals surface area contributed by atoms with Gasteiger partial charge < -0.3 is 4.57 Å². The topological polar surface area (TPSA) is 29.3 Å². The first-order valence-corrected chi connectivity index (χ1v) is 10.8. The van der Waals surface area contributed by atoms with Gasteiger partial charge in [-0.05, 0) is 37.1 Å². The second-order valence-corrected chi connectivity index (χ2v) is 8.49. The van der Waals surface area contributed by atoms with Gasteiger partial charge in [-0.3, -0.25) is 5.43 Å². The van der Waals surface area contributed by atoms with E-state index in [0.29, 0.717) is 22.8 Å². The molecule has 0 unspecified atom stereocenters. The lowest BCUT2D eigenvalue weighted by Gasteiger charge is -2.13. The highest BCUT2D eigenvalue weighted by Gasteiger charge is 2.42. The molecule has 4 aromatic rings. The van der Waals surface area contributed by atoms with Crippen molar-refractivity contribution < 1.29 is 30.7 Å². The van der Waals surface area contributed by atoms with E-state index in [1.165, 1.54) is 6.21 Å². The van der Waals surface area contributed by atoms with Crippen molar-refractivity contribution in [1.82, 2.24) is 4.57 Å². The van der Waals surface area contributed by atoms with Gasteiger partial charge in [-0.2, -0.15) is 18.3 Å². The number of rotatable bonds is 5. The Hall–Kier alpha value is -3.53. The van der Waals surface area contributed by atoms with Crippen LogP contribution in [0.25, 0.3) is 10.9 Å². The van der Waals surface area contributed by atoms with E-state index in [1.807, 2.05) is 35.1 Å². The van der Waals surface area contributed by atoms with E-state index in [2.05, 4.69) is 5.10 Å². The molecular weight excluding hydrogens is 511 g/mol. The summed E-state index contributed by atoms with van der Waals surface area (Å²) in [7, 11) is 0. The van der Waals surface area contributed by atoms with Crippen LogP contribution in [0.5, 0.6) is 0 Å². The largest absolute Gasteiger partial charge is 0.422 e. The van der Waals surface area contributed by atoms with E-state index >= 15 is 0 Å². The average molecular weight is 528 g/mol. The minimum absolute atomic E-state index is 0.463. The minimum atomic E-state index is -5.63. The summed E-state index contributed by atoms with van der Waals surface area (Å²) in [5.41, 5.74) is 1.66. The van der Waals surface area contributed by atoms with E-state index < -0.39 is 40.7 Å². The van der Waals surface area contributed by atoms with Crippen LogP contribution in [0.1, 0.15) is 27.9 Å². The number of hydrogen-bond acceptors (Lipinski definition) is 2. The van der Waals surface area contributed by atoms with Crippen molar-refractivity contribution in [3.8, 4) is 0 Å². The first-order chi connectivity index (χ1) is 16.9. The van der Waals surface area contributed by atoms with Gasteiger partial charge in [0.15, 0.2) is 23.3 Å². The van der Waals surface area contributed by atoms with Crippen LogP contribution in [0.2, 0.25) is 5.02 Å². The Morgan fingerprint density at radius 1 is 0.917 bits per heavy atom. The quantitative estimate of drug-likeness (QED) is 0.121. The molecule has 1 heterocycles. The number of halogens is 8. The molecule has 188 valence electrons. The number of anilines is 1. The highest BCUT2D eigenvalue weighted by molar-refractivity contribution is 6.30. The van der Waals surface area contributed by atoms with Gasteiger partial charge in [0, 0.05) is 28.2 Å². The minimum Gasteiger partial charge on any atom is -0.340 e. The Morgan fingerprint density at radius 2 is 1.53 bits per heavy atom. The molecule has 3 aromatic carbocycles. The fourth-order valence-corrected chi connectivity index (χ4v) is 4.14. The Kier molecular flexibility index (Phi) is 6.74. The lowest BCUT2D eigenvalue weighted by molar-refractivity contribution is -0.143. The summed E-state index contributed by atoms with van der Waals surface area (Å²) in [6, 6.07) is 12.7. The van der Waals surface area contributed by atoms with Crippen molar-refractivity contribution in [2.75, 3.05) is 5.43 Å². The summed E-state index contributed by atoms with van der Waals surface area (Å²) >= 11 is 5.96. The SMILES string of the molecule is Cc1cccc2c(/C=N/Nc3c(F)c(F)c(C(F)(F)F)c(F)c3F)c(C)n(Cc3ccc(Cl)cc3)c12. The van der Waals surface area contributed by atoms with Gasteiger partial charge in [0.1, 0.15) is 11.3 Å². The predicted octanol–water partition coefficient (Wildman–Crippen LogP) is 7.98. The molecule has 0 amide bonds. The number of fused-ring (bicyclic) bond motifs is 1. The average Bonchev–Trinajstić information content (AvgIpc) is 3.07. The van der Waals surface area contributed by atoms with Crippen LogP contribution in [-0.2, 0) is 12.7 Å². The van der Waals surface area contributed by atoms with Crippen LogP contribution in [0, 0.1) is 37.1 Å². The molecule has 36 heavy (non-hydrogen) atoms. The van der Waals surface area contributed by atoms with Crippen molar-refractivity contribution in [3.63, 3.8) is 0 Å². The van der Waals surface area contributed by atoms with Crippen molar-refractivity contribution in [1.29, 1.82) is 0 Å². The maximum Gasteiger partial charge on any atom is 0.422 e. The molecular formula is C25H17ClF7N3. The highest BCUT2D eigenvalue weighted by atomic mass is 35.5. The van der Waals surface area contributed by atoms with Crippen molar-refractivity contribution in [2.24, 2.45) is 5.10 Å². The third kappa shape index (κ3) is 4.53. The Bertz CT molecular complexity index is 1460. The fraction of sp³-hybridized carbons (Fsp3) is 0.160. The van der Waals surface area contributed by atoms with E-state index in [9.17, 15) is 30.7 Å². The van der Waals surface area contributed by atoms with Crippen molar-refractivity contribution >= 4 is 34.4 Å². The summed E-state index contributed by atoms with van der Waals surface area (Å²) in [6.45, 7) is 4.15. The normalized spacial score (nSPS) is 12.2. The number of nitrogens with one attached hydrogen (secondary N) is 1. The smallest absolute Gasteiger partial charge is 0.340 e. The van der Waals surface area contributed by atoms with Crippen LogP contribution >= 0.6 is 11.6 Å². The van der Waals surface area contributed by atoms with Gasteiger partial charge in [-0.25, -0.2) is 17.6 Å². The first kappa shape index (κ1) is 25.6. The van der Waals surface area contributed by atoms with Gasteiger partial charge in [-0.15, -0.1) is 0 Å². The molecule has 0 spiro atoms. The molecule has 1 N–H and O–H groups in total. The van der Waals surface area contributed by atoms with Crippen molar-refractivity contribution in [2.45, 2.75) is 26.6 Å². The van der Waals surface area contributed by atoms with Gasteiger partial charge >= 0.3 is 6.18 Å². The van der Waals surface area contributed by atoms with E-state index in [0.717, 1.165) is 22.0 Å². The number of benzene rings is 3. The Balaban J connectivity index is 1.75. The lowest BCUT2D eigenvalue weighted by Crippen LogP contribution is -2.16. The first-order valence-electron chi connectivity index (χ1n) is 10.5. The number of para-hydroxylation sites is 1. The molecule has 0 saturated heterocycles. The second-order valence-electron chi connectivity index (χ2n) is 8.06. The van der Waals surface area contributed by atoms with E-state index in [4.69, 9.17) is 11.6 Å². The van der Waals surface area contributed by atoms with Crippen LogP contribution < -0.4 is 5.43 Å². The third-order valence-electron chi connectivity index (χ3n) is 5.76. The number of aromatic nitrogens is 1. The molecule has 1 aromatic heterocycles. The number of alkyl halides is 3. The molecule has 0 aliphatic heterocycles. The third-order valence-corrected chi connectivity index (χ3v) is 6.02. The molecule has 0 aliphatic carbocycles. The number of hydrogen-bond donors (Lipinski definition) is 1. The molecule has 4 rings (SSSR count). The van der Waals surface area contributed by atoms with Crippen LogP contribution in [-0.4, -0.2) is 10.8 Å². The van der Waals surface area contributed by atoms with Crippen LogP contribution in [0.15, 0.2) is 47.6 Å². The summed E-state index contributed by atoms with van der Waals surface area (Å²) in [5, 5.41) is 5.00. The zero-order valence-electron chi connectivity index (χ0n) is 18.7. The predicted molar refractivity (Wildman–Crippen MR) is 124 cm³/mol. The summed E-state index contributed by atoms with van der Waals surface area (Å²) in [4.78, 5) is 0. The van der Waals surface area contributed by atoms with Gasteiger partial charge in [-0.1, -0.05) is 41.9 Å². The van der Waals surface area contributed by atoms with E-state index in [1.54, 1.807) is 31.2 Å². The molecule has 0 aliphatic rings. The summed E-state index contributed by atoms with van der Waals surface area (Å²) in [6.07, 6.45) is -4.44. The highest BCUT2D eigenvalue weighted by Crippen LogP contribution is 2.38. The van der Waals surface area contributed by atoms with Gasteiger partial charge in [0.25, 0.3) is 0 Å². The summed E-state index contributed by atoms with van der Waals surface area (Å²) in [5.74, 6) is -9.61. The zero-order chi connectivity index (χ0) is 26.4. The van der Waals surface area contributed by atoms with Crippen LogP contribution in [0.4, 0.5) is 36.4 Å². The molecule has 11 heteroatoms. The molecule has 0 radical (unpaired) electrons. The molecule has 3 nitrogen and oxygen atoms in total. The monoisotopic (exact) mass is 527 g/mol. The summed E-state index contributed by atoms with van der Waals surface area (Å²) < 4.78 is 96.6. The zero-order valence-corrected chi connectivity index (χ0v) is 19.5. The second kappa shape index (κ2) is 9.50. The maximum atomic E-state index is 14.2. The van der Waals surface area contributed by atoms with Crippen LogP contribution in [0.3, 0.4) is 0 Å². The van der Waals surface area contributed by atoms with E-state index in [-0.39, 0.29) is 0 Å². The fourth-order valence-electron chi connectivity index (χ4n) is 4.02. The molecule has 0 bridgehead atoms. The molecule has 0 saturated carbocycles. The van der Waals surface area contributed by atoms with Crippen molar-refractivity contribution in [3.05, 3.63) is 98.7 Å². The van der Waals surface area contributed by atoms with Gasteiger partial charge in [0.05, 0.1) is 11.7 Å².